The Bertz CT molecular complexity index is 1390. The summed E-state index contributed by atoms with van der Waals surface area (Å²) >= 11 is 8.01. The summed E-state index contributed by atoms with van der Waals surface area (Å²) in [5.41, 5.74) is 2.94. The average molecular weight is 448 g/mol. The lowest BCUT2D eigenvalue weighted by Gasteiger charge is -2.25. The number of fused-ring (bicyclic) bond motifs is 2. The third-order valence-electron chi connectivity index (χ3n) is 5.64. The highest BCUT2D eigenvalue weighted by molar-refractivity contribution is 7.98. The monoisotopic (exact) mass is 447 g/mol. The Balaban J connectivity index is 1.79. The van der Waals surface area contributed by atoms with Gasteiger partial charge in [0.15, 0.2) is 5.43 Å². The van der Waals surface area contributed by atoms with Crippen LogP contribution in [0.2, 0.25) is 5.02 Å². The van der Waals surface area contributed by atoms with Crippen LogP contribution in [0.25, 0.3) is 11.0 Å². The second-order valence-corrected chi connectivity index (χ2v) is 8.74. The minimum absolute atomic E-state index is 0.0827. The Labute approximate surface area is 188 Å². The van der Waals surface area contributed by atoms with Gasteiger partial charge in [-0.2, -0.15) is 0 Å². The zero-order valence-electron chi connectivity index (χ0n) is 16.9. The van der Waals surface area contributed by atoms with Gasteiger partial charge < -0.3 is 4.42 Å². The number of rotatable bonds is 3. The maximum atomic E-state index is 13.5. The van der Waals surface area contributed by atoms with E-state index in [-0.39, 0.29) is 17.1 Å². The summed E-state index contributed by atoms with van der Waals surface area (Å²) in [7, 11) is 0. The van der Waals surface area contributed by atoms with E-state index in [1.54, 1.807) is 47.0 Å². The van der Waals surface area contributed by atoms with Gasteiger partial charge in [-0.05, 0) is 60.7 Å². The molecular formula is C25H18ClNO3S. The number of hydrogen-bond acceptors (Lipinski definition) is 4. The minimum Gasteiger partial charge on any atom is -0.450 e. The molecule has 1 atom stereocenters. The highest BCUT2D eigenvalue weighted by Crippen LogP contribution is 2.42. The lowest BCUT2D eigenvalue weighted by Crippen LogP contribution is -2.29. The van der Waals surface area contributed by atoms with Crippen LogP contribution in [0, 0.1) is 6.92 Å². The van der Waals surface area contributed by atoms with E-state index >= 15 is 0 Å². The Morgan fingerprint density at radius 3 is 2.45 bits per heavy atom. The quantitative estimate of drug-likeness (QED) is 0.349. The topological polar surface area (TPSA) is 50.5 Å². The fourth-order valence-corrected chi connectivity index (χ4v) is 4.60. The van der Waals surface area contributed by atoms with Gasteiger partial charge in [-0.25, -0.2) is 0 Å². The smallest absolute Gasteiger partial charge is 0.295 e. The molecule has 0 fully saturated rings. The maximum Gasteiger partial charge on any atom is 0.295 e. The highest BCUT2D eigenvalue weighted by Gasteiger charge is 2.43. The third kappa shape index (κ3) is 3.16. The number of anilines is 1. The van der Waals surface area contributed by atoms with E-state index in [4.69, 9.17) is 16.0 Å². The van der Waals surface area contributed by atoms with Crippen LogP contribution in [0.1, 0.15) is 33.3 Å². The van der Waals surface area contributed by atoms with Gasteiger partial charge in [0.1, 0.15) is 5.58 Å². The largest absolute Gasteiger partial charge is 0.450 e. The molecule has 4 aromatic rings. The molecule has 4 nitrogen and oxygen atoms in total. The molecule has 31 heavy (non-hydrogen) atoms. The molecule has 0 radical (unpaired) electrons. The van der Waals surface area contributed by atoms with Crippen molar-refractivity contribution in [2.45, 2.75) is 17.9 Å². The van der Waals surface area contributed by atoms with E-state index in [9.17, 15) is 9.59 Å². The first-order valence-electron chi connectivity index (χ1n) is 9.79. The van der Waals surface area contributed by atoms with Crippen molar-refractivity contribution in [2.75, 3.05) is 11.2 Å². The van der Waals surface area contributed by atoms with Crippen LogP contribution in [0.15, 0.2) is 80.8 Å². The predicted molar refractivity (Wildman–Crippen MR) is 126 cm³/mol. The van der Waals surface area contributed by atoms with Gasteiger partial charge in [0.2, 0.25) is 5.76 Å². The third-order valence-corrected chi connectivity index (χ3v) is 6.79. The summed E-state index contributed by atoms with van der Waals surface area (Å²) in [5, 5.41) is 1.02. The number of nitrogens with zero attached hydrogens (tertiary/aromatic N) is 1. The van der Waals surface area contributed by atoms with Crippen LogP contribution < -0.4 is 10.3 Å². The fourth-order valence-electron chi connectivity index (χ4n) is 4.02. The van der Waals surface area contributed by atoms with E-state index in [1.807, 2.05) is 49.6 Å². The van der Waals surface area contributed by atoms with Crippen molar-refractivity contribution >= 4 is 45.9 Å². The first-order chi connectivity index (χ1) is 15.0. The maximum absolute atomic E-state index is 13.5. The van der Waals surface area contributed by atoms with Crippen LogP contribution >= 0.6 is 23.4 Å². The van der Waals surface area contributed by atoms with Crippen molar-refractivity contribution in [3.8, 4) is 0 Å². The SMILES string of the molecule is CSc1ccc(C2c3c(oc4ccccc4c3=O)C(=O)N2c2ccc(C)c(Cl)c2)cc1. The summed E-state index contributed by atoms with van der Waals surface area (Å²) in [6, 6.07) is 19.8. The molecule has 0 bridgehead atoms. The molecule has 5 rings (SSSR count). The van der Waals surface area contributed by atoms with Gasteiger partial charge >= 0.3 is 0 Å². The molecule has 6 heteroatoms. The lowest BCUT2D eigenvalue weighted by atomic mass is 9.98. The van der Waals surface area contributed by atoms with E-state index in [1.165, 1.54) is 0 Å². The van der Waals surface area contributed by atoms with Crippen LogP contribution in [0.3, 0.4) is 0 Å². The first kappa shape index (κ1) is 19.9. The molecular weight excluding hydrogens is 430 g/mol. The summed E-state index contributed by atoms with van der Waals surface area (Å²) < 4.78 is 5.97. The standard InChI is InChI=1S/C25H18ClNO3S/c1-14-7-10-16(13-19(14)26)27-22(15-8-11-17(31-2)12-9-15)21-23(28)18-5-3-4-6-20(18)30-24(21)25(27)29/h3-13,22H,1-2H3. The molecule has 0 saturated heterocycles. The number of carbonyl (C=O) groups excluding carboxylic acids is 1. The molecule has 1 unspecified atom stereocenters. The molecule has 1 aliphatic heterocycles. The van der Waals surface area contributed by atoms with Gasteiger partial charge in [-0.1, -0.05) is 41.9 Å². The van der Waals surface area contributed by atoms with Crippen molar-refractivity contribution in [2.24, 2.45) is 0 Å². The molecule has 0 saturated carbocycles. The summed E-state index contributed by atoms with van der Waals surface area (Å²) in [4.78, 5) is 29.7. The molecule has 0 N–H and O–H groups in total. The fraction of sp³-hybridized carbons (Fsp3) is 0.120. The number of benzene rings is 3. The minimum atomic E-state index is -0.599. The van der Waals surface area contributed by atoms with Crippen LogP contribution in [0.5, 0.6) is 0 Å². The number of carbonyl (C=O) groups is 1. The molecule has 1 aliphatic rings. The molecule has 0 spiro atoms. The molecule has 154 valence electrons. The second kappa shape index (κ2) is 7.59. The van der Waals surface area contributed by atoms with Crippen LogP contribution in [-0.4, -0.2) is 12.2 Å². The number of hydrogen-bond donors (Lipinski definition) is 0. The molecule has 2 heterocycles. The van der Waals surface area contributed by atoms with E-state index in [0.717, 1.165) is 16.0 Å². The normalized spacial score (nSPS) is 15.5. The predicted octanol–water partition coefficient (Wildman–Crippen LogP) is 6.23. The number of amides is 1. The van der Waals surface area contributed by atoms with Crippen molar-refractivity contribution in [3.05, 3.63) is 104 Å². The summed E-state index contributed by atoms with van der Waals surface area (Å²) in [6.07, 6.45) is 2.00. The van der Waals surface area contributed by atoms with Gasteiger partial charge in [-0.15, -0.1) is 11.8 Å². The summed E-state index contributed by atoms with van der Waals surface area (Å²) in [5.74, 6) is -0.268. The number of thioether (sulfide) groups is 1. The summed E-state index contributed by atoms with van der Waals surface area (Å²) in [6.45, 7) is 1.91. The van der Waals surface area contributed by atoms with Crippen molar-refractivity contribution in [1.82, 2.24) is 0 Å². The van der Waals surface area contributed by atoms with Crippen LogP contribution in [-0.2, 0) is 0 Å². The van der Waals surface area contributed by atoms with Crippen molar-refractivity contribution in [1.29, 1.82) is 0 Å². The molecule has 1 aromatic heterocycles. The first-order valence-corrected chi connectivity index (χ1v) is 11.4. The van der Waals surface area contributed by atoms with E-state index in [2.05, 4.69) is 0 Å². The van der Waals surface area contributed by atoms with Gasteiger partial charge in [0.05, 0.1) is 17.0 Å². The second-order valence-electron chi connectivity index (χ2n) is 7.45. The zero-order chi connectivity index (χ0) is 21.7. The Hall–Kier alpha value is -3.02. The zero-order valence-corrected chi connectivity index (χ0v) is 18.5. The molecule has 1 amide bonds. The number of para-hydroxylation sites is 1. The van der Waals surface area contributed by atoms with E-state index < -0.39 is 6.04 Å². The molecule has 0 aliphatic carbocycles. The molecule has 3 aromatic carbocycles. The average Bonchev–Trinajstić information content (AvgIpc) is 3.08. The van der Waals surface area contributed by atoms with Gasteiger partial charge in [-0.3, -0.25) is 14.5 Å². The Morgan fingerprint density at radius 2 is 1.74 bits per heavy atom. The Kier molecular flexibility index (Phi) is 4.88. The Morgan fingerprint density at radius 1 is 1.00 bits per heavy atom. The van der Waals surface area contributed by atoms with Crippen molar-refractivity contribution < 1.29 is 9.21 Å². The van der Waals surface area contributed by atoms with Gasteiger partial charge in [0.25, 0.3) is 5.91 Å². The number of aryl methyl sites for hydroxylation is 1. The lowest BCUT2D eigenvalue weighted by molar-refractivity contribution is 0.0971. The van der Waals surface area contributed by atoms with Crippen LogP contribution in [0.4, 0.5) is 5.69 Å². The van der Waals surface area contributed by atoms with E-state index in [0.29, 0.717) is 27.2 Å². The van der Waals surface area contributed by atoms with Gasteiger partial charge in [0, 0.05) is 15.6 Å². The highest BCUT2D eigenvalue weighted by atomic mass is 35.5. The van der Waals surface area contributed by atoms with Crippen molar-refractivity contribution in [3.63, 3.8) is 0 Å². The number of halogens is 1.